The molecular formula is C16H26N2O. The van der Waals surface area contributed by atoms with E-state index in [2.05, 4.69) is 13.8 Å². The Bertz CT molecular complexity index is 386. The second-order valence-corrected chi connectivity index (χ2v) is 4.92. The van der Waals surface area contributed by atoms with Crippen molar-refractivity contribution in [1.29, 1.82) is 0 Å². The minimum Gasteiger partial charge on any atom is -0.399 e. The van der Waals surface area contributed by atoms with Gasteiger partial charge in [0.05, 0.1) is 0 Å². The lowest BCUT2D eigenvalue weighted by Gasteiger charge is -2.26. The molecule has 3 nitrogen and oxygen atoms in total. The molecule has 0 spiro atoms. The number of nitrogen functional groups attached to an aromatic ring is 1. The Kier molecular flexibility index (Phi) is 6.40. The van der Waals surface area contributed by atoms with Crippen molar-refractivity contribution in [2.24, 2.45) is 5.92 Å². The minimum atomic E-state index is 0.137. The first-order valence-corrected chi connectivity index (χ1v) is 7.30. The van der Waals surface area contributed by atoms with Crippen LogP contribution in [-0.2, 0) is 4.79 Å². The first-order chi connectivity index (χ1) is 9.13. The molecule has 0 aliphatic rings. The Morgan fingerprint density at radius 2 is 1.84 bits per heavy atom. The lowest BCUT2D eigenvalue weighted by Crippen LogP contribution is -2.36. The highest BCUT2D eigenvalue weighted by atomic mass is 16.2. The normalized spacial score (nSPS) is 12.2. The standard InChI is InChI=1S/C16H26N2O/c1-4-7-8-13(5-2)16(19)18(6-3)15-11-9-14(17)10-12-15/h9-13H,4-8,17H2,1-3H3. The smallest absolute Gasteiger partial charge is 0.230 e. The van der Waals surface area contributed by atoms with Gasteiger partial charge in [-0.3, -0.25) is 4.79 Å². The van der Waals surface area contributed by atoms with Crippen LogP contribution in [0.3, 0.4) is 0 Å². The van der Waals surface area contributed by atoms with Crippen LogP contribution in [-0.4, -0.2) is 12.5 Å². The Hall–Kier alpha value is -1.51. The maximum Gasteiger partial charge on any atom is 0.230 e. The molecule has 0 radical (unpaired) electrons. The highest BCUT2D eigenvalue weighted by Gasteiger charge is 2.22. The van der Waals surface area contributed by atoms with Gasteiger partial charge in [-0.2, -0.15) is 0 Å². The quantitative estimate of drug-likeness (QED) is 0.759. The molecule has 106 valence electrons. The zero-order valence-corrected chi connectivity index (χ0v) is 12.4. The summed E-state index contributed by atoms with van der Waals surface area (Å²) >= 11 is 0. The molecule has 0 saturated carbocycles. The van der Waals surface area contributed by atoms with Crippen LogP contribution in [0, 0.1) is 5.92 Å². The Morgan fingerprint density at radius 3 is 2.32 bits per heavy atom. The molecular weight excluding hydrogens is 236 g/mol. The predicted molar refractivity (Wildman–Crippen MR) is 82.2 cm³/mol. The van der Waals surface area contributed by atoms with E-state index < -0.39 is 0 Å². The average molecular weight is 262 g/mol. The van der Waals surface area contributed by atoms with E-state index in [1.54, 1.807) is 0 Å². The van der Waals surface area contributed by atoms with Crippen LogP contribution in [0.2, 0.25) is 0 Å². The molecule has 0 fully saturated rings. The summed E-state index contributed by atoms with van der Waals surface area (Å²) in [7, 11) is 0. The first-order valence-electron chi connectivity index (χ1n) is 7.30. The van der Waals surface area contributed by atoms with Gasteiger partial charge in [-0.15, -0.1) is 0 Å². The predicted octanol–water partition coefficient (Wildman–Crippen LogP) is 3.84. The van der Waals surface area contributed by atoms with E-state index in [4.69, 9.17) is 5.73 Å². The van der Waals surface area contributed by atoms with Crippen LogP contribution in [0.5, 0.6) is 0 Å². The van der Waals surface area contributed by atoms with Crippen molar-refractivity contribution in [3.63, 3.8) is 0 Å². The number of carbonyl (C=O) groups is 1. The van der Waals surface area contributed by atoms with Gasteiger partial charge in [-0.05, 0) is 44.0 Å². The number of benzene rings is 1. The molecule has 1 rings (SSSR count). The van der Waals surface area contributed by atoms with E-state index in [1.807, 2.05) is 36.1 Å². The summed E-state index contributed by atoms with van der Waals surface area (Å²) in [5.74, 6) is 0.376. The zero-order valence-electron chi connectivity index (χ0n) is 12.4. The van der Waals surface area contributed by atoms with Gasteiger partial charge in [0.1, 0.15) is 0 Å². The number of unbranched alkanes of at least 4 members (excludes halogenated alkanes) is 1. The molecule has 1 aromatic rings. The fourth-order valence-corrected chi connectivity index (χ4v) is 2.29. The third-order valence-corrected chi connectivity index (χ3v) is 3.54. The molecule has 0 heterocycles. The number of rotatable bonds is 7. The molecule has 1 amide bonds. The van der Waals surface area contributed by atoms with Crippen LogP contribution in [0.25, 0.3) is 0 Å². The number of hydrogen-bond acceptors (Lipinski definition) is 2. The zero-order chi connectivity index (χ0) is 14.3. The first kappa shape index (κ1) is 15.5. The van der Waals surface area contributed by atoms with Crippen molar-refractivity contribution < 1.29 is 4.79 Å². The Balaban J connectivity index is 2.82. The topological polar surface area (TPSA) is 46.3 Å². The van der Waals surface area contributed by atoms with E-state index in [0.717, 1.165) is 37.1 Å². The second kappa shape index (κ2) is 7.82. The number of nitrogens with two attached hydrogens (primary N) is 1. The van der Waals surface area contributed by atoms with Crippen molar-refractivity contribution in [3.05, 3.63) is 24.3 Å². The number of amides is 1. The van der Waals surface area contributed by atoms with Crippen LogP contribution < -0.4 is 10.6 Å². The summed E-state index contributed by atoms with van der Waals surface area (Å²) in [6.45, 7) is 6.97. The van der Waals surface area contributed by atoms with Crippen molar-refractivity contribution in [1.82, 2.24) is 0 Å². The maximum absolute atomic E-state index is 12.6. The maximum atomic E-state index is 12.6. The van der Waals surface area contributed by atoms with Gasteiger partial charge in [0, 0.05) is 23.8 Å². The van der Waals surface area contributed by atoms with Gasteiger partial charge in [0.15, 0.2) is 0 Å². The van der Waals surface area contributed by atoms with E-state index in [-0.39, 0.29) is 11.8 Å². The summed E-state index contributed by atoms with van der Waals surface area (Å²) in [6, 6.07) is 7.53. The molecule has 0 aliphatic carbocycles. The van der Waals surface area contributed by atoms with Crippen molar-refractivity contribution in [2.75, 3.05) is 17.2 Å². The van der Waals surface area contributed by atoms with Crippen molar-refractivity contribution >= 4 is 17.3 Å². The van der Waals surface area contributed by atoms with Crippen molar-refractivity contribution in [2.45, 2.75) is 46.5 Å². The summed E-state index contributed by atoms with van der Waals surface area (Å²) in [5, 5.41) is 0. The molecule has 1 aromatic carbocycles. The van der Waals surface area contributed by atoms with Gasteiger partial charge >= 0.3 is 0 Å². The fraction of sp³-hybridized carbons (Fsp3) is 0.562. The lowest BCUT2D eigenvalue weighted by atomic mass is 9.97. The summed E-state index contributed by atoms with van der Waals surface area (Å²) in [6.07, 6.45) is 4.14. The summed E-state index contributed by atoms with van der Waals surface area (Å²) in [4.78, 5) is 14.5. The number of hydrogen-bond donors (Lipinski definition) is 1. The van der Waals surface area contributed by atoms with Gasteiger partial charge in [0.2, 0.25) is 5.91 Å². The number of anilines is 2. The molecule has 2 N–H and O–H groups in total. The van der Waals surface area contributed by atoms with E-state index >= 15 is 0 Å². The van der Waals surface area contributed by atoms with Crippen LogP contribution in [0.1, 0.15) is 46.5 Å². The largest absolute Gasteiger partial charge is 0.399 e. The summed E-state index contributed by atoms with van der Waals surface area (Å²) < 4.78 is 0. The third-order valence-electron chi connectivity index (χ3n) is 3.54. The monoisotopic (exact) mass is 262 g/mol. The SMILES string of the molecule is CCCCC(CC)C(=O)N(CC)c1ccc(N)cc1. The third kappa shape index (κ3) is 4.27. The fourth-order valence-electron chi connectivity index (χ4n) is 2.29. The van der Waals surface area contributed by atoms with Gasteiger partial charge in [-0.1, -0.05) is 26.7 Å². The molecule has 0 bridgehead atoms. The van der Waals surface area contributed by atoms with Crippen LogP contribution in [0.15, 0.2) is 24.3 Å². The Morgan fingerprint density at radius 1 is 1.21 bits per heavy atom. The number of nitrogens with zero attached hydrogens (tertiary/aromatic N) is 1. The van der Waals surface area contributed by atoms with Gasteiger partial charge < -0.3 is 10.6 Å². The van der Waals surface area contributed by atoms with Crippen LogP contribution in [0.4, 0.5) is 11.4 Å². The molecule has 1 unspecified atom stereocenters. The summed E-state index contributed by atoms with van der Waals surface area (Å²) in [5.41, 5.74) is 7.36. The van der Waals surface area contributed by atoms with E-state index in [9.17, 15) is 4.79 Å². The van der Waals surface area contributed by atoms with Gasteiger partial charge in [-0.25, -0.2) is 0 Å². The van der Waals surface area contributed by atoms with Crippen molar-refractivity contribution in [3.8, 4) is 0 Å². The average Bonchev–Trinajstić information content (AvgIpc) is 2.42. The molecule has 0 saturated heterocycles. The van der Waals surface area contributed by atoms with E-state index in [0.29, 0.717) is 6.54 Å². The lowest BCUT2D eigenvalue weighted by molar-refractivity contribution is -0.122. The molecule has 19 heavy (non-hydrogen) atoms. The minimum absolute atomic E-state index is 0.137. The highest BCUT2D eigenvalue weighted by Crippen LogP contribution is 2.22. The van der Waals surface area contributed by atoms with Crippen LogP contribution >= 0.6 is 0 Å². The molecule has 3 heteroatoms. The number of carbonyl (C=O) groups excluding carboxylic acids is 1. The van der Waals surface area contributed by atoms with E-state index in [1.165, 1.54) is 0 Å². The van der Waals surface area contributed by atoms with Gasteiger partial charge in [0.25, 0.3) is 0 Å². The second-order valence-electron chi connectivity index (χ2n) is 4.92. The Labute approximate surface area is 116 Å². The molecule has 1 atom stereocenters. The molecule has 0 aromatic heterocycles. The highest BCUT2D eigenvalue weighted by molar-refractivity contribution is 5.95. The molecule has 0 aliphatic heterocycles.